The number of aldehydes is 1. The van der Waals surface area contributed by atoms with Crippen LogP contribution >= 0.6 is 0 Å². The van der Waals surface area contributed by atoms with Crippen LogP contribution in [-0.4, -0.2) is 12.1 Å². The molecule has 2 nitrogen and oxygen atoms in total. The van der Waals surface area contributed by atoms with E-state index in [-0.39, 0.29) is 16.2 Å². The Morgan fingerprint density at radius 2 is 1.88 bits per heavy atom. The molecule has 1 fully saturated rings. The van der Waals surface area contributed by atoms with Crippen LogP contribution in [0.4, 0.5) is 0 Å². The Bertz CT molecular complexity index is 880. The number of carbonyl (C=O) groups excluding carboxylic acids is 2. The second kappa shape index (κ2) is 4.97. The quantitative estimate of drug-likeness (QED) is 0.594. The lowest BCUT2D eigenvalue weighted by Gasteiger charge is -2.50. The highest BCUT2D eigenvalue weighted by Crippen LogP contribution is 2.69. The molecule has 2 unspecified atom stereocenters. The maximum Gasteiger partial charge on any atom is 0.146 e. The van der Waals surface area contributed by atoms with Gasteiger partial charge in [-0.2, -0.15) is 0 Å². The number of fused-ring (bicyclic) bond motifs is 3. The summed E-state index contributed by atoms with van der Waals surface area (Å²) in [6.45, 7) is 6.84. The van der Waals surface area contributed by atoms with Crippen LogP contribution in [0, 0.1) is 16.2 Å². The van der Waals surface area contributed by atoms with Gasteiger partial charge in [-0.25, -0.2) is 0 Å². The minimum atomic E-state index is -0.256. The van der Waals surface area contributed by atoms with Gasteiger partial charge in [0.15, 0.2) is 0 Å². The van der Waals surface area contributed by atoms with Crippen molar-refractivity contribution >= 4 is 12.1 Å². The van der Waals surface area contributed by atoms with E-state index in [0.29, 0.717) is 5.78 Å². The molecule has 0 saturated heterocycles. The molecule has 0 N–H and O–H groups in total. The van der Waals surface area contributed by atoms with Crippen LogP contribution in [0.15, 0.2) is 45.6 Å². The van der Waals surface area contributed by atoms with Crippen molar-refractivity contribution in [1.29, 1.82) is 0 Å². The van der Waals surface area contributed by atoms with Crippen LogP contribution < -0.4 is 0 Å². The zero-order chi connectivity index (χ0) is 18.3. The van der Waals surface area contributed by atoms with Gasteiger partial charge in [0.1, 0.15) is 12.1 Å². The molecule has 1 saturated carbocycles. The van der Waals surface area contributed by atoms with E-state index in [1.54, 1.807) is 0 Å². The van der Waals surface area contributed by atoms with E-state index in [4.69, 9.17) is 0 Å². The Morgan fingerprint density at radius 3 is 2.65 bits per heavy atom. The molecule has 5 rings (SSSR count). The van der Waals surface area contributed by atoms with E-state index in [2.05, 4.69) is 32.9 Å². The maximum absolute atomic E-state index is 13.1. The van der Waals surface area contributed by atoms with Gasteiger partial charge < -0.3 is 0 Å². The molecule has 0 aromatic heterocycles. The summed E-state index contributed by atoms with van der Waals surface area (Å²) < 4.78 is 0. The third kappa shape index (κ3) is 1.69. The second-order valence-electron chi connectivity index (χ2n) is 9.72. The predicted octanol–water partition coefficient (Wildman–Crippen LogP) is 5.41. The van der Waals surface area contributed by atoms with Crippen LogP contribution in [0.2, 0.25) is 0 Å². The summed E-state index contributed by atoms with van der Waals surface area (Å²) in [6, 6.07) is 0. The smallest absolute Gasteiger partial charge is 0.146 e. The standard InChI is InChI=1S/C24H28O2/c1-15-4-10-23(3)18-6-11-24-19(5-8-22(24,2)9-7-21(24)26)17(18)13-16(14-25)20(23)12-15/h5,12,14H,4,6-11,13H2,1-3H3/t22-,23?,24?/m0/s1. The van der Waals surface area contributed by atoms with Crippen molar-refractivity contribution in [3.8, 4) is 0 Å². The van der Waals surface area contributed by atoms with Gasteiger partial charge in [-0.3, -0.25) is 9.59 Å². The molecular weight excluding hydrogens is 320 g/mol. The highest BCUT2D eigenvalue weighted by atomic mass is 16.1. The number of hydrogen-bond donors (Lipinski definition) is 0. The summed E-state index contributed by atoms with van der Waals surface area (Å²) in [5, 5.41) is 0. The molecule has 0 aliphatic heterocycles. The first kappa shape index (κ1) is 16.5. The van der Waals surface area contributed by atoms with E-state index in [9.17, 15) is 9.59 Å². The Balaban J connectivity index is 1.70. The van der Waals surface area contributed by atoms with Crippen LogP contribution in [0.5, 0.6) is 0 Å². The van der Waals surface area contributed by atoms with Gasteiger partial charge in [-0.15, -0.1) is 0 Å². The van der Waals surface area contributed by atoms with Gasteiger partial charge in [0.05, 0.1) is 5.41 Å². The lowest BCUT2D eigenvalue weighted by atomic mass is 9.52. The molecule has 0 bridgehead atoms. The van der Waals surface area contributed by atoms with Gasteiger partial charge in [0.25, 0.3) is 0 Å². The van der Waals surface area contributed by atoms with E-state index < -0.39 is 0 Å². The highest BCUT2D eigenvalue weighted by Gasteiger charge is 2.64. The molecule has 2 heteroatoms. The van der Waals surface area contributed by atoms with Crippen molar-refractivity contribution in [2.75, 3.05) is 0 Å². The average Bonchev–Trinajstić information content (AvgIpc) is 3.06. The molecular formula is C24H28O2. The first-order valence-corrected chi connectivity index (χ1v) is 10.2. The van der Waals surface area contributed by atoms with Crippen molar-refractivity contribution in [3.05, 3.63) is 45.6 Å². The fourth-order valence-electron chi connectivity index (χ4n) is 7.01. The van der Waals surface area contributed by atoms with E-state index in [0.717, 1.165) is 63.2 Å². The topological polar surface area (TPSA) is 34.1 Å². The van der Waals surface area contributed by atoms with Crippen molar-refractivity contribution in [1.82, 2.24) is 0 Å². The Morgan fingerprint density at radius 1 is 1.08 bits per heavy atom. The molecule has 26 heavy (non-hydrogen) atoms. The molecule has 1 spiro atoms. The Labute approximate surface area is 156 Å². The second-order valence-corrected chi connectivity index (χ2v) is 9.72. The van der Waals surface area contributed by atoms with E-state index >= 15 is 0 Å². The monoisotopic (exact) mass is 348 g/mol. The van der Waals surface area contributed by atoms with Crippen molar-refractivity contribution < 1.29 is 9.59 Å². The van der Waals surface area contributed by atoms with Crippen LogP contribution in [0.3, 0.4) is 0 Å². The Kier molecular flexibility index (Phi) is 3.15. The number of ketones is 1. The fourth-order valence-corrected chi connectivity index (χ4v) is 7.01. The molecule has 136 valence electrons. The zero-order valence-corrected chi connectivity index (χ0v) is 16.2. The van der Waals surface area contributed by atoms with Gasteiger partial charge in [0, 0.05) is 23.8 Å². The predicted molar refractivity (Wildman–Crippen MR) is 103 cm³/mol. The van der Waals surface area contributed by atoms with E-state index in [1.807, 2.05) is 0 Å². The first-order valence-electron chi connectivity index (χ1n) is 10.2. The van der Waals surface area contributed by atoms with Crippen molar-refractivity contribution in [2.24, 2.45) is 16.2 Å². The molecule has 0 radical (unpaired) electrons. The third-order valence-corrected chi connectivity index (χ3v) is 8.59. The summed E-state index contributed by atoms with van der Waals surface area (Å²) in [6.07, 6.45) is 13.4. The minimum absolute atomic E-state index is 0.0214. The molecule has 5 aliphatic carbocycles. The van der Waals surface area contributed by atoms with Crippen LogP contribution in [0.25, 0.3) is 0 Å². The average molecular weight is 348 g/mol. The lowest BCUT2D eigenvalue weighted by Crippen LogP contribution is -2.43. The van der Waals surface area contributed by atoms with Crippen molar-refractivity contribution in [3.63, 3.8) is 0 Å². The van der Waals surface area contributed by atoms with Gasteiger partial charge in [-0.1, -0.05) is 37.1 Å². The highest BCUT2D eigenvalue weighted by molar-refractivity contribution is 5.94. The third-order valence-electron chi connectivity index (χ3n) is 8.59. The number of hydrogen-bond acceptors (Lipinski definition) is 2. The number of rotatable bonds is 1. The van der Waals surface area contributed by atoms with Gasteiger partial charge >= 0.3 is 0 Å². The van der Waals surface area contributed by atoms with Crippen LogP contribution in [0.1, 0.15) is 72.1 Å². The number of allylic oxidation sites excluding steroid dienone is 8. The number of carbonyl (C=O) groups is 2. The largest absolute Gasteiger partial charge is 0.299 e. The van der Waals surface area contributed by atoms with Crippen LogP contribution in [-0.2, 0) is 9.59 Å². The molecule has 0 aromatic carbocycles. The SMILES string of the molecule is CC1=CC2=C(C=O)CC3=C(CCC45C(=O)CC[C@]4(C)CC=C35)C2(C)CC1. The molecule has 0 heterocycles. The molecule has 3 atom stereocenters. The lowest BCUT2D eigenvalue weighted by molar-refractivity contribution is -0.127. The fraction of sp³-hybridized carbons (Fsp3) is 0.583. The first-order chi connectivity index (χ1) is 12.4. The summed E-state index contributed by atoms with van der Waals surface area (Å²) in [7, 11) is 0. The molecule has 5 aliphatic rings. The zero-order valence-electron chi connectivity index (χ0n) is 16.2. The summed E-state index contributed by atoms with van der Waals surface area (Å²) >= 11 is 0. The number of Topliss-reactive ketones (excluding diaryl/α,β-unsaturated/α-hetero) is 1. The van der Waals surface area contributed by atoms with Gasteiger partial charge in [0.2, 0.25) is 0 Å². The Hall–Kier alpha value is -1.70. The summed E-state index contributed by atoms with van der Waals surface area (Å²) in [4.78, 5) is 25.1. The molecule has 0 amide bonds. The summed E-state index contributed by atoms with van der Waals surface area (Å²) in [5.41, 5.74) is 7.61. The maximum atomic E-state index is 13.1. The summed E-state index contributed by atoms with van der Waals surface area (Å²) in [5.74, 6) is 0.460. The normalized spacial score (nSPS) is 41.3. The van der Waals surface area contributed by atoms with E-state index in [1.165, 1.54) is 27.9 Å². The minimum Gasteiger partial charge on any atom is -0.299 e. The van der Waals surface area contributed by atoms with Gasteiger partial charge in [-0.05, 0) is 67.6 Å². The van der Waals surface area contributed by atoms with Crippen molar-refractivity contribution in [2.45, 2.75) is 72.1 Å². The molecule has 0 aromatic rings.